The molecule has 1 saturated carbocycles. The summed E-state index contributed by atoms with van der Waals surface area (Å²) in [4.78, 5) is 4.33. The molecule has 0 bridgehead atoms. The standard InChI is InChI=1S/C17H24ClN5O/c1-17(2,24)16-11-23(22-21-16)15-6-4-3-5-14(15)20-10-13-8-7-12(18)9-19-13/h7-9,11,14-15,20,24H,3-6,10H2,1-2H3/t14-,15+/m0/s1. The first-order valence-electron chi connectivity index (χ1n) is 8.42. The molecule has 3 rings (SSSR count). The number of pyridine rings is 1. The molecule has 24 heavy (non-hydrogen) atoms. The molecule has 2 heterocycles. The largest absolute Gasteiger partial charge is 0.384 e. The summed E-state index contributed by atoms with van der Waals surface area (Å²) in [5, 5.41) is 22.7. The molecule has 0 unspecified atom stereocenters. The fourth-order valence-electron chi connectivity index (χ4n) is 3.13. The summed E-state index contributed by atoms with van der Waals surface area (Å²) in [6.45, 7) is 4.15. The third-order valence-corrected chi connectivity index (χ3v) is 4.76. The Morgan fingerprint density at radius 1 is 1.33 bits per heavy atom. The van der Waals surface area contributed by atoms with E-state index >= 15 is 0 Å². The van der Waals surface area contributed by atoms with Crippen LogP contribution in [0.3, 0.4) is 0 Å². The van der Waals surface area contributed by atoms with Gasteiger partial charge >= 0.3 is 0 Å². The molecule has 0 spiro atoms. The van der Waals surface area contributed by atoms with E-state index in [0.29, 0.717) is 23.3 Å². The average Bonchev–Trinajstić information content (AvgIpc) is 3.05. The number of aromatic nitrogens is 4. The molecule has 2 aromatic heterocycles. The van der Waals surface area contributed by atoms with Crippen molar-refractivity contribution in [3.8, 4) is 0 Å². The molecule has 0 aliphatic heterocycles. The van der Waals surface area contributed by atoms with Gasteiger partial charge in [-0.2, -0.15) is 0 Å². The van der Waals surface area contributed by atoms with Crippen molar-refractivity contribution in [1.29, 1.82) is 0 Å². The highest BCUT2D eigenvalue weighted by atomic mass is 35.5. The van der Waals surface area contributed by atoms with Crippen LogP contribution in [-0.4, -0.2) is 31.1 Å². The van der Waals surface area contributed by atoms with Gasteiger partial charge in [0.1, 0.15) is 11.3 Å². The summed E-state index contributed by atoms with van der Waals surface area (Å²) in [5.41, 5.74) is 0.606. The molecular formula is C17H24ClN5O. The fourth-order valence-corrected chi connectivity index (χ4v) is 3.24. The lowest BCUT2D eigenvalue weighted by molar-refractivity contribution is 0.0736. The van der Waals surface area contributed by atoms with Crippen LogP contribution in [0.4, 0.5) is 0 Å². The third-order valence-electron chi connectivity index (χ3n) is 4.54. The maximum atomic E-state index is 10.1. The fraction of sp³-hybridized carbons (Fsp3) is 0.588. The zero-order valence-corrected chi connectivity index (χ0v) is 14.9. The maximum Gasteiger partial charge on any atom is 0.114 e. The molecule has 1 aliphatic rings. The van der Waals surface area contributed by atoms with Crippen molar-refractivity contribution in [2.24, 2.45) is 0 Å². The number of rotatable bonds is 5. The number of nitrogens with one attached hydrogen (secondary N) is 1. The molecule has 0 amide bonds. The minimum Gasteiger partial charge on any atom is -0.384 e. The van der Waals surface area contributed by atoms with E-state index in [1.54, 1.807) is 20.0 Å². The minimum atomic E-state index is -0.969. The quantitative estimate of drug-likeness (QED) is 0.868. The maximum absolute atomic E-state index is 10.1. The van der Waals surface area contributed by atoms with Gasteiger partial charge < -0.3 is 10.4 Å². The predicted molar refractivity (Wildman–Crippen MR) is 92.6 cm³/mol. The van der Waals surface area contributed by atoms with Crippen molar-refractivity contribution in [3.63, 3.8) is 0 Å². The zero-order chi connectivity index (χ0) is 17.2. The van der Waals surface area contributed by atoms with Crippen molar-refractivity contribution in [3.05, 3.63) is 40.9 Å². The first-order chi connectivity index (χ1) is 11.4. The van der Waals surface area contributed by atoms with Crippen molar-refractivity contribution < 1.29 is 5.11 Å². The summed E-state index contributed by atoms with van der Waals surface area (Å²) >= 11 is 5.88. The Labute approximate surface area is 147 Å². The number of aliphatic hydroxyl groups is 1. The second-order valence-electron chi connectivity index (χ2n) is 6.95. The third kappa shape index (κ3) is 4.12. The van der Waals surface area contributed by atoms with E-state index in [4.69, 9.17) is 11.6 Å². The Hall–Kier alpha value is -1.50. The molecule has 0 aromatic carbocycles. The Morgan fingerprint density at radius 2 is 2.12 bits per heavy atom. The zero-order valence-electron chi connectivity index (χ0n) is 14.1. The first kappa shape index (κ1) is 17.3. The number of nitrogens with zero attached hydrogens (tertiary/aromatic N) is 4. The molecule has 1 aliphatic carbocycles. The highest BCUT2D eigenvalue weighted by Gasteiger charge is 2.29. The van der Waals surface area contributed by atoms with Crippen LogP contribution in [0.1, 0.15) is 57.0 Å². The lowest BCUT2D eigenvalue weighted by Gasteiger charge is -2.32. The van der Waals surface area contributed by atoms with Crippen LogP contribution < -0.4 is 5.32 Å². The SMILES string of the molecule is CC(C)(O)c1cn([C@@H]2CCCC[C@@H]2NCc2ccc(Cl)cn2)nn1. The van der Waals surface area contributed by atoms with Crippen LogP contribution in [0.2, 0.25) is 5.02 Å². The molecule has 2 N–H and O–H groups in total. The lowest BCUT2D eigenvalue weighted by Crippen LogP contribution is -2.39. The van der Waals surface area contributed by atoms with Crippen molar-refractivity contribution in [1.82, 2.24) is 25.3 Å². The van der Waals surface area contributed by atoms with Crippen molar-refractivity contribution in [2.75, 3.05) is 0 Å². The minimum absolute atomic E-state index is 0.245. The van der Waals surface area contributed by atoms with Crippen molar-refractivity contribution in [2.45, 2.75) is 63.8 Å². The van der Waals surface area contributed by atoms with Gasteiger partial charge in [0.25, 0.3) is 0 Å². The summed E-state index contributed by atoms with van der Waals surface area (Å²) < 4.78 is 1.90. The summed E-state index contributed by atoms with van der Waals surface area (Å²) in [6.07, 6.45) is 8.07. The van der Waals surface area contributed by atoms with Gasteiger partial charge in [0.2, 0.25) is 0 Å². The Kier molecular flexibility index (Phi) is 5.18. The molecule has 2 atom stereocenters. The molecular weight excluding hydrogens is 326 g/mol. The van der Waals surface area contributed by atoms with Crippen molar-refractivity contribution >= 4 is 11.6 Å². The van der Waals surface area contributed by atoms with Gasteiger partial charge in [-0.1, -0.05) is 29.7 Å². The van der Waals surface area contributed by atoms with Gasteiger partial charge in [-0.15, -0.1) is 5.10 Å². The second kappa shape index (κ2) is 7.17. The van der Waals surface area contributed by atoms with Crippen LogP contribution in [0.25, 0.3) is 0 Å². The number of hydrogen-bond acceptors (Lipinski definition) is 5. The Morgan fingerprint density at radius 3 is 2.79 bits per heavy atom. The van der Waals surface area contributed by atoms with E-state index in [-0.39, 0.29) is 6.04 Å². The molecule has 1 fully saturated rings. The highest BCUT2D eigenvalue weighted by molar-refractivity contribution is 6.30. The van der Waals surface area contributed by atoms with E-state index in [1.165, 1.54) is 12.8 Å². The Bertz CT molecular complexity index is 664. The molecule has 6 nitrogen and oxygen atoms in total. The van der Waals surface area contributed by atoms with E-state index in [0.717, 1.165) is 18.5 Å². The lowest BCUT2D eigenvalue weighted by atomic mass is 9.90. The highest BCUT2D eigenvalue weighted by Crippen LogP contribution is 2.29. The summed E-state index contributed by atoms with van der Waals surface area (Å²) in [7, 11) is 0. The van der Waals surface area contributed by atoms with E-state index in [1.807, 2.05) is 23.0 Å². The van der Waals surface area contributed by atoms with Gasteiger partial charge in [0.05, 0.1) is 23.0 Å². The summed E-state index contributed by atoms with van der Waals surface area (Å²) in [5.74, 6) is 0. The number of halogens is 1. The molecule has 0 saturated heterocycles. The van der Waals surface area contributed by atoms with Crippen LogP contribution in [-0.2, 0) is 12.1 Å². The van der Waals surface area contributed by atoms with E-state index in [2.05, 4.69) is 20.6 Å². The van der Waals surface area contributed by atoms with E-state index in [9.17, 15) is 5.11 Å². The van der Waals surface area contributed by atoms with Gasteiger partial charge in [-0.05, 0) is 38.8 Å². The van der Waals surface area contributed by atoms with Crippen LogP contribution >= 0.6 is 11.6 Å². The molecule has 130 valence electrons. The van der Waals surface area contributed by atoms with E-state index < -0.39 is 5.60 Å². The smallest absolute Gasteiger partial charge is 0.114 e. The predicted octanol–water partition coefficient (Wildman–Crippen LogP) is 2.83. The normalized spacial score (nSPS) is 21.8. The van der Waals surface area contributed by atoms with Gasteiger partial charge in [0, 0.05) is 18.8 Å². The molecule has 2 aromatic rings. The van der Waals surface area contributed by atoms with Gasteiger partial charge in [-0.25, -0.2) is 4.68 Å². The van der Waals surface area contributed by atoms with Crippen LogP contribution in [0, 0.1) is 0 Å². The van der Waals surface area contributed by atoms with Gasteiger partial charge in [-0.3, -0.25) is 4.98 Å². The topological polar surface area (TPSA) is 75.9 Å². The summed E-state index contributed by atoms with van der Waals surface area (Å²) in [6, 6.07) is 4.36. The Balaban J connectivity index is 1.69. The van der Waals surface area contributed by atoms with Crippen LogP contribution in [0.15, 0.2) is 24.5 Å². The molecule has 0 radical (unpaired) electrons. The van der Waals surface area contributed by atoms with Gasteiger partial charge in [0.15, 0.2) is 0 Å². The number of hydrogen-bond donors (Lipinski definition) is 2. The first-order valence-corrected chi connectivity index (χ1v) is 8.80. The molecule has 7 heteroatoms. The second-order valence-corrected chi connectivity index (χ2v) is 7.39. The average molecular weight is 350 g/mol. The van der Waals surface area contributed by atoms with Crippen LogP contribution in [0.5, 0.6) is 0 Å². The monoisotopic (exact) mass is 349 g/mol.